The van der Waals surface area contributed by atoms with Crippen molar-refractivity contribution in [3.8, 4) is 0 Å². The van der Waals surface area contributed by atoms with Gasteiger partial charge in [-0.2, -0.15) is 9.48 Å². The number of aliphatic imine (C=N–C) groups is 1. The Balaban J connectivity index is 1.87. The van der Waals surface area contributed by atoms with Crippen molar-refractivity contribution in [1.82, 2.24) is 4.90 Å². The number of nitrogens with zero attached hydrogens (tertiary/aromatic N) is 3. The number of halogens is 1. The Kier molecular flexibility index (Phi) is 6.12. The number of nitrogens with one attached hydrogen (secondary N) is 1. The molecule has 0 radical (unpaired) electrons. The predicted molar refractivity (Wildman–Crippen MR) is 109 cm³/mol. The molecule has 0 saturated carbocycles. The summed E-state index contributed by atoms with van der Waals surface area (Å²) in [4.78, 5) is 43.6. The number of ether oxygens (including phenoxy) is 1. The molecule has 1 N–H and O–H groups in total. The fraction of sp³-hybridized carbons (Fsp3) is 0.350. The molecule has 3 rings (SSSR count). The van der Waals surface area contributed by atoms with E-state index in [4.69, 9.17) is 16.3 Å². The number of benzene rings is 1. The van der Waals surface area contributed by atoms with Crippen LogP contribution in [0.25, 0.3) is 0 Å². The number of anilines is 1. The Morgan fingerprint density at radius 1 is 1.28 bits per heavy atom. The van der Waals surface area contributed by atoms with Crippen molar-refractivity contribution in [3.63, 3.8) is 0 Å². The standard InChI is InChI=1S/C20H21ClN4O4/c1-4-12-10-22-18-16(17(12)29-5-2)19(27)25(20(28)24(18)3)11-15(26)23-14-8-6-13(21)7-9-14/h6-10,16H,4-5,11H2,1-3H3/p+1. The minimum absolute atomic E-state index is 0.301. The molecular formula is C20H22ClN4O4+. The van der Waals surface area contributed by atoms with Crippen LogP contribution in [0.15, 0.2) is 40.6 Å². The summed E-state index contributed by atoms with van der Waals surface area (Å²) in [5.74, 6) is -1.09. The zero-order valence-electron chi connectivity index (χ0n) is 16.4. The summed E-state index contributed by atoms with van der Waals surface area (Å²) >= 11 is 5.84. The van der Waals surface area contributed by atoms with Crippen LogP contribution < -0.4 is 5.32 Å². The number of fused-ring (bicyclic) bond motifs is 1. The summed E-state index contributed by atoms with van der Waals surface area (Å²) in [6.07, 6.45) is 2.25. The van der Waals surface area contributed by atoms with Gasteiger partial charge in [0.15, 0.2) is 12.5 Å². The van der Waals surface area contributed by atoms with Crippen LogP contribution in [0.2, 0.25) is 5.02 Å². The number of amidine groups is 1. The van der Waals surface area contributed by atoms with Crippen molar-refractivity contribution in [2.45, 2.75) is 20.3 Å². The van der Waals surface area contributed by atoms with Gasteiger partial charge in [-0.05, 0) is 37.6 Å². The van der Waals surface area contributed by atoms with Gasteiger partial charge < -0.3 is 10.1 Å². The third-order valence-corrected chi connectivity index (χ3v) is 4.93. The normalized spacial score (nSPS) is 18.9. The highest BCUT2D eigenvalue weighted by Crippen LogP contribution is 2.29. The van der Waals surface area contributed by atoms with Crippen molar-refractivity contribution < 1.29 is 23.7 Å². The molecule has 2 heterocycles. The van der Waals surface area contributed by atoms with Gasteiger partial charge in [0.2, 0.25) is 0 Å². The highest BCUT2D eigenvalue weighted by Gasteiger charge is 2.51. The van der Waals surface area contributed by atoms with Gasteiger partial charge in [0.25, 0.3) is 11.7 Å². The zero-order chi connectivity index (χ0) is 21.1. The summed E-state index contributed by atoms with van der Waals surface area (Å²) in [7, 11) is 1.53. The molecule has 1 aromatic carbocycles. The highest BCUT2D eigenvalue weighted by molar-refractivity contribution is 6.30. The van der Waals surface area contributed by atoms with Crippen LogP contribution in [0.5, 0.6) is 0 Å². The second-order valence-electron chi connectivity index (χ2n) is 6.55. The van der Waals surface area contributed by atoms with Crippen LogP contribution in [0.1, 0.15) is 20.3 Å². The predicted octanol–water partition coefficient (Wildman–Crippen LogP) is 2.68. The van der Waals surface area contributed by atoms with Gasteiger partial charge in [-0.15, -0.1) is 4.99 Å². The van der Waals surface area contributed by atoms with Gasteiger partial charge in [0.1, 0.15) is 12.0 Å². The van der Waals surface area contributed by atoms with E-state index in [-0.39, 0.29) is 0 Å². The zero-order valence-corrected chi connectivity index (χ0v) is 17.2. The molecule has 152 valence electrons. The molecule has 0 saturated heterocycles. The Morgan fingerprint density at radius 3 is 2.59 bits per heavy atom. The fourth-order valence-electron chi connectivity index (χ4n) is 3.24. The lowest BCUT2D eigenvalue weighted by Gasteiger charge is -2.29. The highest BCUT2D eigenvalue weighted by atomic mass is 35.5. The number of rotatable bonds is 6. The second-order valence-corrected chi connectivity index (χ2v) is 6.98. The average Bonchev–Trinajstić information content (AvgIpc) is 2.71. The Hall–Kier alpha value is -3.00. The molecule has 0 aliphatic carbocycles. The molecular weight excluding hydrogens is 396 g/mol. The van der Waals surface area contributed by atoms with E-state index < -0.39 is 30.3 Å². The van der Waals surface area contributed by atoms with Crippen LogP contribution in [0.4, 0.5) is 10.5 Å². The molecule has 1 aromatic rings. The first-order valence-corrected chi connectivity index (χ1v) is 9.66. The smallest absolute Gasteiger partial charge is 0.446 e. The molecule has 0 aromatic heterocycles. The van der Waals surface area contributed by atoms with E-state index in [2.05, 4.69) is 10.3 Å². The number of amides is 4. The minimum atomic E-state index is -0.846. The number of hydrogen-bond acceptors (Lipinski definition) is 5. The first-order valence-electron chi connectivity index (χ1n) is 9.28. The lowest BCUT2D eigenvalue weighted by Crippen LogP contribution is -2.56. The fourth-order valence-corrected chi connectivity index (χ4v) is 3.36. The number of dihydropyridines is 1. The lowest BCUT2D eigenvalue weighted by atomic mass is 9.94. The Bertz CT molecular complexity index is 950. The number of hydrogen-bond donors (Lipinski definition) is 1. The van der Waals surface area contributed by atoms with E-state index >= 15 is 0 Å². The summed E-state index contributed by atoms with van der Waals surface area (Å²) in [5, 5.41) is 3.19. The molecule has 0 bridgehead atoms. The molecule has 8 nitrogen and oxygen atoms in total. The maximum absolute atomic E-state index is 13.2. The van der Waals surface area contributed by atoms with Crippen molar-refractivity contribution in [2.24, 2.45) is 10.9 Å². The molecule has 0 spiro atoms. The van der Waals surface area contributed by atoms with Crippen LogP contribution in [0, 0.1) is 5.92 Å². The number of urea groups is 1. The molecule has 9 heteroatoms. The Morgan fingerprint density at radius 2 is 1.97 bits per heavy atom. The number of carbonyl (C=O) groups is 3. The number of carbonyl (C=O) groups excluding carboxylic acids is 3. The van der Waals surface area contributed by atoms with Gasteiger partial charge in [0, 0.05) is 16.3 Å². The van der Waals surface area contributed by atoms with Crippen LogP contribution in [0.3, 0.4) is 0 Å². The molecule has 2 aliphatic rings. The first kappa shape index (κ1) is 20.7. The molecule has 0 fully saturated rings. The summed E-state index contributed by atoms with van der Waals surface area (Å²) in [6, 6.07) is 5.93. The van der Waals surface area contributed by atoms with E-state index in [0.717, 1.165) is 10.5 Å². The third-order valence-electron chi connectivity index (χ3n) is 4.67. The van der Waals surface area contributed by atoms with Crippen LogP contribution in [-0.4, -0.2) is 59.6 Å². The molecule has 29 heavy (non-hydrogen) atoms. The molecule has 1 unspecified atom stereocenters. The van der Waals surface area contributed by atoms with Crippen molar-refractivity contribution in [2.75, 3.05) is 25.5 Å². The first-order chi connectivity index (χ1) is 13.9. The van der Waals surface area contributed by atoms with Crippen molar-refractivity contribution in [1.29, 1.82) is 0 Å². The molecule has 4 amide bonds. The van der Waals surface area contributed by atoms with Crippen LogP contribution >= 0.6 is 11.6 Å². The SMILES string of the molecule is CCOC1=C(CC)C=NC2=[N+](C)C(=O)N(CC(=O)Nc3ccc(Cl)cc3)C(=O)C12. The monoisotopic (exact) mass is 417 g/mol. The Labute approximate surface area is 173 Å². The summed E-state index contributed by atoms with van der Waals surface area (Å²) < 4.78 is 7.02. The number of imide groups is 1. The summed E-state index contributed by atoms with van der Waals surface area (Å²) in [5.41, 5.74) is 1.31. The number of allylic oxidation sites excluding steroid dienone is 1. The van der Waals surface area contributed by atoms with E-state index in [1.54, 1.807) is 30.5 Å². The molecule has 2 aliphatic heterocycles. The largest absolute Gasteiger partial charge is 0.496 e. The van der Waals surface area contributed by atoms with E-state index in [0.29, 0.717) is 35.3 Å². The van der Waals surface area contributed by atoms with E-state index in [9.17, 15) is 14.4 Å². The van der Waals surface area contributed by atoms with Gasteiger partial charge in [-0.3, -0.25) is 9.59 Å². The van der Waals surface area contributed by atoms with Crippen molar-refractivity contribution >= 4 is 47.2 Å². The maximum Gasteiger partial charge on any atom is 0.446 e. The van der Waals surface area contributed by atoms with E-state index in [1.807, 2.05) is 13.8 Å². The lowest BCUT2D eigenvalue weighted by molar-refractivity contribution is -0.408. The minimum Gasteiger partial charge on any atom is -0.496 e. The maximum atomic E-state index is 13.2. The second kappa shape index (κ2) is 8.57. The van der Waals surface area contributed by atoms with Gasteiger partial charge >= 0.3 is 11.9 Å². The third kappa shape index (κ3) is 4.07. The molecule has 1 atom stereocenters. The van der Waals surface area contributed by atoms with Gasteiger partial charge in [-0.1, -0.05) is 18.5 Å². The average molecular weight is 418 g/mol. The van der Waals surface area contributed by atoms with Gasteiger partial charge in [0.05, 0.1) is 13.7 Å². The van der Waals surface area contributed by atoms with Gasteiger partial charge in [-0.25, -0.2) is 4.79 Å². The van der Waals surface area contributed by atoms with Crippen LogP contribution in [-0.2, 0) is 14.3 Å². The van der Waals surface area contributed by atoms with E-state index in [1.165, 1.54) is 11.6 Å². The summed E-state index contributed by atoms with van der Waals surface area (Å²) in [6.45, 7) is 3.72. The quantitative estimate of drug-likeness (QED) is 0.720. The topological polar surface area (TPSA) is 91.1 Å². The van der Waals surface area contributed by atoms with Crippen molar-refractivity contribution in [3.05, 3.63) is 40.6 Å².